The highest BCUT2D eigenvalue weighted by atomic mass is 16.5. The Hall–Kier alpha value is -3.03. The van der Waals surface area contributed by atoms with Crippen molar-refractivity contribution < 1.29 is 14.3 Å². The largest absolute Gasteiger partial charge is 0.497 e. The van der Waals surface area contributed by atoms with Crippen LogP contribution >= 0.6 is 0 Å². The predicted molar refractivity (Wildman–Crippen MR) is 118 cm³/mol. The van der Waals surface area contributed by atoms with E-state index in [1.807, 2.05) is 32.1 Å². The average molecular weight is 414 g/mol. The molecule has 1 aliphatic rings. The summed E-state index contributed by atoms with van der Waals surface area (Å²) in [5.74, 6) is 2.67. The summed E-state index contributed by atoms with van der Waals surface area (Å²) < 4.78 is 10.5. The summed E-state index contributed by atoms with van der Waals surface area (Å²) >= 11 is 0. The van der Waals surface area contributed by atoms with Crippen LogP contribution in [0.4, 0.5) is 11.8 Å². The van der Waals surface area contributed by atoms with Gasteiger partial charge in [-0.25, -0.2) is 4.98 Å². The van der Waals surface area contributed by atoms with E-state index in [2.05, 4.69) is 20.6 Å². The third kappa shape index (κ3) is 5.31. The molecule has 1 aromatic carbocycles. The molecule has 1 heterocycles. The number of methoxy groups -OCH3 is 2. The molecule has 162 valence electrons. The van der Waals surface area contributed by atoms with Gasteiger partial charge in [0.1, 0.15) is 17.3 Å². The van der Waals surface area contributed by atoms with Crippen LogP contribution in [0.2, 0.25) is 0 Å². The first-order valence-electron chi connectivity index (χ1n) is 10.2. The summed E-state index contributed by atoms with van der Waals surface area (Å²) in [6.45, 7) is 2.01. The zero-order valence-electron chi connectivity index (χ0n) is 18.4. The quantitative estimate of drug-likeness (QED) is 0.721. The van der Waals surface area contributed by atoms with Crippen molar-refractivity contribution >= 4 is 17.7 Å². The summed E-state index contributed by atoms with van der Waals surface area (Å²) in [7, 11) is 7.01. The maximum Gasteiger partial charge on any atom is 0.251 e. The first-order chi connectivity index (χ1) is 14.4. The van der Waals surface area contributed by atoms with Gasteiger partial charge in [-0.1, -0.05) is 0 Å². The van der Waals surface area contributed by atoms with Crippen molar-refractivity contribution in [1.29, 1.82) is 0 Å². The van der Waals surface area contributed by atoms with E-state index in [0.717, 1.165) is 37.1 Å². The van der Waals surface area contributed by atoms with Crippen molar-refractivity contribution in [2.75, 3.05) is 38.5 Å². The van der Waals surface area contributed by atoms with Gasteiger partial charge in [-0.3, -0.25) is 4.79 Å². The summed E-state index contributed by atoms with van der Waals surface area (Å²) in [4.78, 5) is 23.6. The Morgan fingerprint density at radius 2 is 1.63 bits per heavy atom. The van der Waals surface area contributed by atoms with Crippen molar-refractivity contribution in [3.63, 3.8) is 0 Å². The van der Waals surface area contributed by atoms with Gasteiger partial charge in [-0.05, 0) is 44.7 Å². The smallest absolute Gasteiger partial charge is 0.251 e. The summed E-state index contributed by atoms with van der Waals surface area (Å²) in [5, 5.41) is 6.70. The predicted octanol–water partition coefficient (Wildman–Crippen LogP) is 3.02. The Labute approximate surface area is 178 Å². The number of rotatable bonds is 7. The van der Waals surface area contributed by atoms with Crippen molar-refractivity contribution in [3.8, 4) is 11.5 Å². The molecule has 1 fully saturated rings. The molecule has 8 heteroatoms. The number of ether oxygens (including phenoxy) is 2. The van der Waals surface area contributed by atoms with Gasteiger partial charge in [0.05, 0.1) is 14.2 Å². The van der Waals surface area contributed by atoms with Gasteiger partial charge >= 0.3 is 0 Å². The van der Waals surface area contributed by atoms with Crippen LogP contribution in [0.25, 0.3) is 0 Å². The van der Waals surface area contributed by atoms with Crippen LogP contribution in [0.3, 0.4) is 0 Å². The molecule has 1 saturated carbocycles. The highest BCUT2D eigenvalue weighted by Gasteiger charge is 2.24. The average Bonchev–Trinajstić information content (AvgIpc) is 2.75. The maximum atomic E-state index is 12.7. The normalized spacial score (nSPS) is 18.4. The molecule has 0 unspecified atom stereocenters. The van der Waals surface area contributed by atoms with E-state index in [0.29, 0.717) is 29.1 Å². The second-order valence-corrected chi connectivity index (χ2v) is 7.86. The van der Waals surface area contributed by atoms with E-state index in [1.165, 1.54) is 0 Å². The molecule has 0 bridgehead atoms. The Bertz CT molecular complexity index is 857. The van der Waals surface area contributed by atoms with Gasteiger partial charge in [0.25, 0.3) is 5.91 Å². The minimum atomic E-state index is -0.106. The lowest BCUT2D eigenvalue weighted by atomic mass is 9.91. The third-order valence-corrected chi connectivity index (χ3v) is 5.38. The molecule has 0 saturated heterocycles. The number of carbonyl (C=O) groups is 1. The molecule has 0 aliphatic heterocycles. The van der Waals surface area contributed by atoms with Crippen molar-refractivity contribution in [2.45, 2.75) is 44.7 Å². The number of hydrogen-bond acceptors (Lipinski definition) is 7. The zero-order chi connectivity index (χ0) is 21.7. The van der Waals surface area contributed by atoms with E-state index in [9.17, 15) is 4.79 Å². The monoisotopic (exact) mass is 413 g/mol. The molecule has 1 aromatic heterocycles. The van der Waals surface area contributed by atoms with Gasteiger partial charge < -0.3 is 25.0 Å². The van der Waals surface area contributed by atoms with E-state index < -0.39 is 0 Å². The van der Waals surface area contributed by atoms with Crippen LogP contribution in [-0.4, -0.2) is 56.3 Å². The number of benzene rings is 1. The summed E-state index contributed by atoms with van der Waals surface area (Å²) in [5.41, 5.74) is 1.57. The molecule has 2 aromatic rings. The van der Waals surface area contributed by atoms with Gasteiger partial charge in [-0.15, -0.1) is 0 Å². The summed E-state index contributed by atoms with van der Waals surface area (Å²) in [6.07, 6.45) is 5.60. The number of aryl methyl sites for hydroxylation is 1. The SMILES string of the molecule is COc1cc(OC)cc(C(=O)NC2CCC(Nc3nc(N(C)C)ncc3C)CC2)c1. The lowest BCUT2D eigenvalue weighted by molar-refractivity contribution is 0.0926. The molecule has 0 radical (unpaired) electrons. The van der Waals surface area contributed by atoms with Crippen molar-refractivity contribution in [1.82, 2.24) is 15.3 Å². The number of nitrogens with zero attached hydrogens (tertiary/aromatic N) is 3. The first-order valence-corrected chi connectivity index (χ1v) is 10.2. The van der Waals surface area contributed by atoms with E-state index in [1.54, 1.807) is 32.4 Å². The van der Waals surface area contributed by atoms with E-state index in [4.69, 9.17) is 9.47 Å². The van der Waals surface area contributed by atoms with Crippen LogP contribution in [0.5, 0.6) is 11.5 Å². The van der Waals surface area contributed by atoms with Gasteiger partial charge in [-0.2, -0.15) is 4.98 Å². The zero-order valence-corrected chi connectivity index (χ0v) is 18.4. The minimum absolute atomic E-state index is 0.106. The molecule has 1 aliphatic carbocycles. The minimum Gasteiger partial charge on any atom is -0.497 e. The molecule has 1 amide bonds. The maximum absolute atomic E-state index is 12.7. The topological polar surface area (TPSA) is 88.6 Å². The number of anilines is 2. The number of carbonyl (C=O) groups excluding carboxylic acids is 1. The fourth-order valence-corrected chi connectivity index (χ4v) is 3.58. The highest BCUT2D eigenvalue weighted by molar-refractivity contribution is 5.95. The van der Waals surface area contributed by atoms with Crippen LogP contribution in [-0.2, 0) is 0 Å². The van der Waals surface area contributed by atoms with Crippen LogP contribution in [0, 0.1) is 6.92 Å². The van der Waals surface area contributed by atoms with Crippen molar-refractivity contribution in [3.05, 3.63) is 35.5 Å². The number of amides is 1. The standard InChI is InChI=1S/C22H31N5O3/c1-14-13-23-22(27(2)3)26-20(14)24-16-6-8-17(9-7-16)25-21(28)15-10-18(29-4)12-19(11-15)30-5/h10-13,16-17H,6-9H2,1-5H3,(H,25,28)(H,23,24,26). The lowest BCUT2D eigenvalue weighted by Gasteiger charge is -2.30. The molecular formula is C22H31N5O3. The summed E-state index contributed by atoms with van der Waals surface area (Å²) in [6, 6.07) is 5.69. The Balaban J connectivity index is 1.56. The molecule has 8 nitrogen and oxygen atoms in total. The number of hydrogen-bond donors (Lipinski definition) is 2. The van der Waals surface area contributed by atoms with Gasteiger partial charge in [0.15, 0.2) is 0 Å². The van der Waals surface area contributed by atoms with Crippen LogP contribution in [0.15, 0.2) is 24.4 Å². The van der Waals surface area contributed by atoms with E-state index in [-0.39, 0.29) is 11.9 Å². The molecular weight excluding hydrogens is 382 g/mol. The molecule has 0 spiro atoms. The second-order valence-electron chi connectivity index (χ2n) is 7.86. The molecule has 30 heavy (non-hydrogen) atoms. The molecule has 3 rings (SSSR count). The van der Waals surface area contributed by atoms with E-state index >= 15 is 0 Å². The Morgan fingerprint density at radius 1 is 1.03 bits per heavy atom. The molecule has 0 atom stereocenters. The van der Waals surface area contributed by atoms with Crippen LogP contribution < -0.4 is 25.0 Å². The fourth-order valence-electron chi connectivity index (χ4n) is 3.58. The van der Waals surface area contributed by atoms with Crippen LogP contribution in [0.1, 0.15) is 41.6 Å². The Morgan fingerprint density at radius 3 is 2.20 bits per heavy atom. The third-order valence-electron chi connectivity index (χ3n) is 5.38. The number of aromatic nitrogens is 2. The fraction of sp³-hybridized carbons (Fsp3) is 0.500. The molecule has 2 N–H and O–H groups in total. The highest BCUT2D eigenvalue weighted by Crippen LogP contribution is 2.25. The second kappa shape index (κ2) is 9.65. The van der Waals surface area contributed by atoms with Crippen molar-refractivity contribution in [2.24, 2.45) is 0 Å². The number of nitrogens with one attached hydrogen (secondary N) is 2. The Kier molecular flexibility index (Phi) is 6.97. The first kappa shape index (κ1) is 21.7. The van der Waals surface area contributed by atoms with Gasteiger partial charge in [0, 0.05) is 49.6 Å². The lowest BCUT2D eigenvalue weighted by Crippen LogP contribution is -2.40. The van der Waals surface area contributed by atoms with Gasteiger partial charge in [0.2, 0.25) is 5.95 Å².